The van der Waals surface area contributed by atoms with Crippen molar-refractivity contribution in [1.29, 1.82) is 0 Å². The highest BCUT2D eigenvalue weighted by atomic mass is 16.2. The zero-order valence-electron chi connectivity index (χ0n) is 14.1. The van der Waals surface area contributed by atoms with E-state index in [1.165, 1.54) is 11.1 Å². The molecule has 0 spiro atoms. The van der Waals surface area contributed by atoms with Crippen molar-refractivity contribution in [3.8, 4) is 0 Å². The van der Waals surface area contributed by atoms with Crippen molar-refractivity contribution in [2.45, 2.75) is 39.7 Å². The molecule has 0 unspecified atom stereocenters. The number of aryl methyl sites for hydroxylation is 2. The molecule has 0 aliphatic carbocycles. The molecule has 3 aliphatic rings. The number of benzene rings is 1. The number of piperidine rings is 1. The van der Waals surface area contributed by atoms with Crippen molar-refractivity contribution in [2.24, 2.45) is 5.92 Å². The van der Waals surface area contributed by atoms with Crippen molar-refractivity contribution in [1.82, 2.24) is 9.80 Å². The molecule has 0 aromatic heterocycles. The highest BCUT2D eigenvalue weighted by molar-refractivity contribution is 5.90. The third-order valence-corrected chi connectivity index (χ3v) is 5.18. The lowest BCUT2D eigenvalue weighted by Gasteiger charge is -2.36. The number of rotatable bonds is 1. The van der Waals surface area contributed by atoms with Crippen molar-refractivity contribution < 1.29 is 9.59 Å². The molecule has 3 fully saturated rings. The number of hydrogen-bond donors (Lipinski definition) is 1. The average molecular weight is 315 g/mol. The van der Waals surface area contributed by atoms with Crippen LogP contribution >= 0.6 is 0 Å². The Morgan fingerprint density at radius 2 is 1.87 bits per heavy atom. The molecule has 1 N–H and O–H groups in total. The SMILES string of the molecule is CC(=O)N1C[C@H]2CC[C@@H](C1)N(C(=O)Nc1ccc(C)c(C)c1)C2. The molecule has 124 valence electrons. The standard InChI is InChI=1S/C18H25N3O2/c1-12-4-6-16(8-13(12)2)19-18(23)21-10-15-5-7-17(21)11-20(9-15)14(3)22/h4,6,8,15,17H,5,7,9-11H2,1-3H3,(H,19,23)/t15-,17+/m1/s1. The first-order valence-electron chi connectivity index (χ1n) is 8.34. The summed E-state index contributed by atoms with van der Waals surface area (Å²) in [5.74, 6) is 0.501. The summed E-state index contributed by atoms with van der Waals surface area (Å²) in [4.78, 5) is 28.2. The first-order valence-corrected chi connectivity index (χ1v) is 8.34. The van der Waals surface area contributed by atoms with Crippen LogP contribution in [0.15, 0.2) is 18.2 Å². The van der Waals surface area contributed by atoms with E-state index in [0.717, 1.165) is 31.6 Å². The summed E-state index contributed by atoms with van der Waals surface area (Å²) >= 11 is 0. The van der Waals surface area contributed by atoms with Crippen LogP contribution in [0, 0.1) is 19.8 Å². The number of hydrogen-bond acceptors (Lipinski definition) is 2. The summed E-state index contributed by atoms with van der Waals surface area (Å²) in [7, 11) is 0. The second-order valence-corrected chi connectivity index (χ2v) is 6.90. The van der Waals surface area contributed by atoms with E-state index < -0.39 is 0 Å². The normalized spacial score (nSPS) is 23.6. The average Bonchev–Trinajstić information content (AvgIpc) is 2.83. The molecule has 3 amide bonds. The first-order chi connectivity index (χ1) is 10.9. The van der Waals surface area contributed by atoms with Gasteiger partial charge >= 0.3 is 6.03 Å². The van der Waals surface area contributed by atoms with Crippen LogP contribution in [0.2, 0.25) is 0 Å². The predicted octanol–water partition coefficient (Wildman–Crippen LogP) is 2.78. The van der Waals surface area contributed by atoms with Gasteiger partial charge in [0.05, 0.1) is 6.04 Å². The van der Waals surface area contributed by atoms with Crippen LogP contribution in [0.1, 0.15) is 30.9 Å². The summed E-state index contributed by atoms with van der Waals surface area (Å²) in [6, 6.07) is 6.05. The molecular formula is C18H25N3O2. The van der Waals surface area contributed by atoms with E-state index >= 15 is 0 Å². The Kier molecular flexibility index (Phi) is 4.28. The van der Waals surface area contributed by atoms with E-state index in [2.05, 4.69) is 12.2 Å². The van der Waals surface area contributed by atoms with Crippen molar-refractivity contribution in [3.63, 3.8) is 0 Å². The fraction of sp³-hybridized carbons (Fsp3) is 0.556. The Morgan fingerprint density at radius 1 is 1.09 bits per heavy atom. The van der Waals surface area contributed by atoms with Crippen molar-refractivity contribution >= 4 is 17.6 Å². The molecule has 0 saturated carbocycles. The molecule has 3 saturated heterocycles. The number of anilines is 1. The van der Waals surface area contributed by atoms with Crippen LogP contribution in [-0.2, 0) is 4.79 Å². The van der Waals surface area contributed by atoms with Crippen molar-refractivity contribution in [3.05, 3.63) is 29.3 Å². The third kappa shape index (κ3) is 3.33. The quantitative estimate of drug-likeness (QED) is 0.866. The van der Waals surface area contributed by atoms with Gasteiger partial charge in [0.2, 0.25) is 5.91 Å². The number of nitrogens with zero attached hydrogens (tertiary/aromatic N) is 2. The fourth-order valence-electron chi connectivity index (χ4n) is 3.60. The number of carbonyl (C=O) groups is 2. The summed E-state index contributed by atoms with van der Waals surface area (Å²) < 4.78 is 0. The van der Waals surface area contributed by atoms with Gasteiger partial charge in [-0.3, -0.25) is 4.79 Å². The van der Waals surface area contributed by atoms with Gasteiger partial charge in [-0.15, -0.1) is 0 Å². The third-order valence-electron chi connectivity index (χ3n) is 5.18. The maximum absolute atomic E-state index is 12.7. The number of amides is 3. The Labute approximate surface area is 137 Å². The van der Waals surface area contributed by atoms with Crippen LogP contribution in [-0.4, -0.2) is 47.4 Å². The number of carbonyl (C=O) groups excluding carboxylic acids is 2. The minimum Gasteiger partial charge on any atom is -0.341 e. The van der Waals surface area contributed by atoms with Gasteiger partial charge < -0.3 is 15.1 Å². The molecule has 2 bridgehead atoms. The smallest absolute Gasteiger partial charge is 0.322 e. The maximum atomic E-state index is 12.7. The maximum Gasteiger partial charge on any atom is 0.322 e. The Balaban J connectivity index is 1.72. The molecule has 5 heteroatoms. The number of nitrogens with one attached hydrogen (secondary N) is 1. The van der Waals surface area contributed by atoms with Gasteiger partial charge in [0, 0.05) is 32.2 Å². The fourth-order valence-corrected chi connectivity index (χ4v) is 3.60. The molecule has 0 radical (unpaired) electrons. The summed E-state index contributed by atoms with van der Waals surface area (Å²) in [5, 5.41) is 3.02. The lowest BCUT2D eigenvalue weighted by Crippen LogP contribution is -2.49. The predicted molar refractivity (Wildman–Crippen MR) is 90.4 cm³/mol. The minimum absolute atomic E-state index is 0.0478. The van der Waals surface area contributed by atoms with E-state index in [1.54, 1.807) is 6.92 Å². The van der Waals surface area contributed by atoms with Crippen LogP contribution in [0.3, 0.4) is 0 Å². The molecule has 3 aliphatic heterocycles. The Bertz CT molecular complexity index is 629. The van der Waals surface area contributed by atoms with E-state index in [0.29, 0.717) is 12.5 Å². The molecule has 2 atom stereocenters. The minimum atomic E-state index is -0.0478. The molecule has 4 rings (SSSR count). The monoisotopic (exact) mass is 315 g/mol. The van der Waals surface area contributed by atoms with Crippen LogP contribution in [0.25, 0.3) is 0 Å². The van der Waals surface area contributed by atoms with Gasteiger partial charge in [-0.25, -0.2) is 4.79 Å². The van der Waals surface area contributed by atoms with E-state index in [4.69, 9.17) is 0 Å². The second kappa shape index (κ2) is 6.22. The summed E-state index contributed by atoms with van der Waals surface area (Å²) in [6.07, 6.45) is 2.08. The Morgan fingerprint density at radius 3 is 2.57 bits per heavy atom. The van der Waals surface area contributed by atoms with Gasteiger partial charge in [0.25, 0.3) is 0 Å². The highest BCUT2D eigenvalue weighted by Gasteiger charge is 2.37. The van der Waals surface area contributed by atoms with Crippen LogP contribution in [0.4, 0.5) is 10.5 Å². The molecule has 23 heavy (non-hydrogen) atoms. The molecular weight excluding hydrogens is 290 g/mol. The number of urea groups is 1. The summed E-state index contributed by atoms with van der Waals surface area (Å²) in [6.45, 7) is 7.90. The van der Waals surface area contributed by atoms with E-state index in [1.807, 2.05) is 34.9 Å². The van der Waals surface area contributed by atoms with Gasteiger partial charge in [-0.05, 0) is 55.9 Å². The highest BCUT2D eigenvalue weighted by Crippen LogP contribution is 2.28. The van der Waals surface area contributed by atoms with E-state index in [-0.39, 0.29) is 18.0 Å². The summed E-state index contributed by atoms with van der Waals surface area (Å²) in [5.41, 5.74) is 3.22. The van der Waals surface area contributed by atoms with Gasteiger partial charge in [0.1, 0.15) is 0 Å². The topological polar surface area (TPSA) is 52.7 Å². The van der Waals surface area contributed by atoms with Gasteiger partial charge in [0.15, 0.2) is 0 Å². The van der Waals surface area contributed by atoms with E-state index in [9.17, 15) is 9.59 Å². The van der Waals surface area contributed by atoms with Crippen LogP contribution < -0.4 is 5.32 Å². The molecule has 1 aromatic rings. The largest absolute Gasteiger partial charge is 0.341 e. The second-order valence-electron chi connectivity index (χ2n) is 6.90. The zero-order chi connectivity index (χ0) is 16.6. The Hall–Kier alpha value is -2.04. The first kappa shape index (κ1) is 15.8. The molecule has 5 nitrogen and oxygen atoms in total. The van der Waals surface area contributed by atoms with Crippen molar-refractivity contribution in [2.75, 3.05) is 25.0 Å². The zero-order valence-corrected chi connectivity index (χ0v) is 14.1. The number of fused-ring (bicyclic) bond motifs is 4. The van der Waals surface area contributed by atoms with Gasteiger partial charge in [-0.2, -0.15) is 0 Å². The lowest BCUT2D eigenvalue weighted by atomic mass is 9.95. The molecule has 1 aromatic carbocycles. The van der Waals surface area contributed by atoms with Gasteiger partial charge in [-0.1, -0.05) is 6.07 Å². The molecule has 3 heterocycles. The lowest BCUT2D eigenvalue weighted by molar-refractivity contribution is -0.129. The van der Waals surface area contributed by atoms with Crippen LogP contribution in [0.5, 0.6) is 0 Å².